The minimum atomic E-state index is -0.317. The summed E-state index contributed by atoms with van der Waals surface area (Å²) in [5.41, 5.74) is 2.81. The highest BCUT2D eigenvalue weighted by Gasteiger charge is 2.80. The number of piperidine rings is 1. The summed E-state index contributed by atoms with van der Waals surface area (Å²) in [6, 6.07) is 4.93. The van der Waals surface area contributed by atoms with E-state index in [1.807, 2.05) is 13.2 Å². The van der Waals surface area contributed by atoms with Crippen LogP contribution in [0.15, 0.2) is 24.8 Å². The van der Waals surface area contributed by atoms with Crippen molar-refractivity contribution in [1.82, 2.24) is 4.90 Å². The summed E-state index contributed by atoms with van der Waals surface area (Å²) in [5, 5.41) is 0. The second-order valence-corrected chi connectivity index (χ2v) is 10.1. The number of fused-ring (bicyclic) bond motifs is 2. The fourth-order valence-electron chi connectivity index (χ4n) is 8.47. The molecule has 4 bridgehead atoms. The van der Waals surface area contributed by atoms with E-state index < -0.39 is 0 Å². The molecule has 30 heavy (non-hydrogen) atoms. The van der Waals surface area contributed by atoms with Crippen molar-refractivity contribution in [2.24, 2.45) is 11.3 Å². The summed E-state index contributed by atoms with van der Waals surface area (Å²) in [4.78, 5) is 2.63. The number of ether oxygens (including phenoxy) is 4. The Morgan fingerprint density at radius 3 is 2.90 bits per heavy atom. The van der Waals surface area contributed by atoms with Gasteiger partial charge in [0, 0.05) is 35.5 Å². The quantitative estimate of drug-likeness (QED) is 0.530. The van der Waals surface area contributed by atoms with Crippen LogP contribution in [-0.2, 0) is 21.3 Å². The first-order chi connectivity index (χ1) is 14.6. The topological polar surface area (TPSA) is 40.2 Å². The third kappa shape index (κ3) is 1.92. The number of hydrogen-bond acceptors (Lipinski definition) is 5. The van der Waals surface area contributed by atoms with Crippen LogP contribution in [0, 0.1) is 11.3 Å². The Morgan fingerprint density at radius 2 is 2.13 bits per heavy atom. The van der Waals surface area contributed by atoms with Crippen LogP contribution < -0.4 is 9.47 Å². The summed E-state index contributed by atoms with van der Waals surface area (Å²) in [6.45, 7) is 6.22. The maximum atomic E-state index is 6.95. The largest absolute Gasteiger partial charge is 0.493 e. The molecule has 7 rings (SSSR count). The molecule has 0 amide bonds. The summed E-state index contributed by atoms with van der Waals surface area (Å²) in [7, 11) is 5.96. The van der Waals surface area contributed by atoms with Gasteiger partial charge in [-0.1, -0.05) is 12.1 Å². The monoisotopic (exact) mass is 411 g/mol. The molecule has 2 aliphatic heterocycles. The van der Waals surface area contributed by atoms with Gasteiger partial charge in [-0.25, -0.2) is 0 Å². The van der Waals surface area contributed by atoms with Gasteiger partial charge in [-0.05, 0) is 57.3 Å². The van der Waals surface area contributed by atoms with Crippen molar-refractivity contribution in [3.8, 4) is 11.5 Å². The second-order valence-electron chi connectivity index (χ2n) is 10.1. The summed E-state index contributed by atoms with van der Waals surface area (Å²) < 4.78 is 25.2. The Morgan fingerprint density at radius 1 is 1.27 bits per heavy atom. The van der Waals surface area contributed by atoms with Gasteiger partial charge < -0.3 is 23.8 Å². The van der Waals surface area contributed by atoms with Gasteiger partial charge in [0.25, 0.3) is 0 Å². The maximum Gasteiger partial charge on any atom is 0.165 e. The van der Waals surface area contributed by atoms with E-state index in [1.54, 1.807) is 7.11 Å². The third-order valence-electron chi connectivity index (χ3n) is 9.53. The minimum absolute atomic E-state index is 0.0187. The predicted molar refractivity (Wildman–Crippen MR) is 114 cm³/mol. The Labute approximate surface area is 179 Å². The second kappa shape index (κ2) is 6.24. The molecule has 0 radical (unpaired) electrons. The number of benzene rings is 1. The molecule has 5 heteroatoms. The van der Waals surface area contributed by atoms with Crippen molar-refractivity contribution < 1.29 is 18.9 Å². The van der Waals surface area contributed by atoms with Gasteiger partial charge in [0.2, 0.25) is 0 Å². The summed E-state index contributed by atoms with van der Waals surface area (Å²) in [6.07, 6.45) is 7.46. The number of nitrogens with zero attached hydrogens (tertiary/aromatic N) is 1. The highest BCUT2D eigenvalue weighted by Crippen LogP contribution is 2.76. The fraction of sp³-hybridized carbons (Fsp3) is 0.680. The van der Waals surface area contributed by atoms with Crippen molar-refractivity contribution in [2.45, 2.75) is 55.3 Å². The molecular formula is C25H33NO4. The maximum absolute atomic E-state index is 6.95. The molecule has 0 N–H and O–H groups in total. The molecule has 1 aromatic rings. The zero-order valence-corrected chi connectivity index (χ0v) is 18.4. The highest BCUT2D eigenvalue weighted by molar-refractivity contribution is 5.63. The molecule has 2 spiro atoms. The van der Waals surface area contributed by atoms with Crippen LogP contribution in [0.2, 0.25) is 0 Å². The van der Waals surface area contributed by atoms with Gasteiger partial charge in [-0.2, -0.15) is 0 Å². The lowest BCUT2D eigenvalue weighted by Gasteiger charge is -2.73. The lowest BCUT2D eigenvalue weighted by Crippen LogP contribution is -2.81. The number of methoxy groups -OCH3 is 2. The fourth-order valence-corrected chi connectivity index (χ4v) is 8.47. The molecule has 162 valence electrons. The van der Waals surface area contributed by atoms with E-state index in [1.165, 1.54) is 17.5 Å². The molecule has 3 saturated carbocycles. The predicted octanol–water partition coefficient (Wildman–Crippen LogP) is 3.34. The number of likely N-dealkylation sites (tertiary alicyclic amines) is 1. The van der Waals surface area contributed by atoms with Crippen LogP contribution in [0.3, 0.4) is 0 Å². The molecule has 4 aliphatic carbocycles. The van der Waals surface area contributed by atoms with Crippen molar-refractivity contribution >= 4 is 0 Å². The molecule has 2 heterocycles. The minimum Gasteiger partial charge on any atom is -0.493 e. The van der Waals surface area contributed by atoms with Crippen LogP contribution in [0.25, 0.3) is 0 Å². The first kappa shape index (κ1) is 19.1. The van der Waals surface area contributed by atoms with Crippen LogP contribution in [0.1, 0.15) is 36.8 Å². The zero-order chi connectivity index (χ0) is 20.7. The Balaban J connectivity index is 1.58. The lowest BCUT2D eigenvalue weighted by molar-refractivity contribution is -0.281. The average molecular weight is 412 g/mol. The van der Waals surface area contributed by atoms with Gasteiger partial charge in [0.15, 0.2) is 11.5 Å². The van der Waals surface area contributed by atoms with Crippen molar-refractivity contribution in [1.29, 1.82) is 0 Å². The first-order valence-corrected chi connectivity index (χ1v) is 11.4. The van der Waals surface area contributed by atoms with Crippen molar-refractivity contribution in [2.75, 3.05) is 41.0 Å². The molecular weight excluding hydrogens is 378 g/mol. The van der Waals surface area contributed by atoms with Gasteiger partial charge in [-0.3, -0.25) is 0 Å². The average Bonchev–Trinajstić information content (AvgIpc) is 3.13. The Bertz CT molecular complexity index is 901. The van der Waals surface area contributed by atoms with Gasteiger partial charge >= 0.3 is 0 Å². The van der Waals surface area contributed by atoms with E-state index in [-0.39, 0.29) is 22.5 Å². The number of rotatable bonds is 6. The van der Waals surface area contributed by atoms with Crippen molar-refractivity contribution in [3.05, 3.63) is 35.9 Å². The van der Waals surface area contributed by atoms with Crippen LogP contribution in [0.4, 0.5) is 0 Å². The van der Waals surface area contributed by atoms with Gasteiger partial charge in [-0.15, -0.1) is 6.58 Å². The SMILES string of the molecule is C=CCOC[C@H]1CC23CC[C@]1(OC)[C@@H]1Oc4c(OC)ccc5c4C12CCN(C)[C@@H]3C5. The van der Waals surface area contributed by atoms with E-state index in [2.05, 4.69) is 30.7 Å². The standard InChI is InChI=1S/C25H33NO4/c1-5-12-29-15-17-14-23-8-9-25(17,28-4)22-24(23)10-11-26(2)19(23)13-16-6-7-18(27-3)21(30-22)20(16)24/h5-7,17,19,22H,1,8-15H2,2-4H3/t17-,19-,22-,23?,24?,25-/m1/s1. The van der Waals surface area contributed by atoms with Crippen LogP contribution in [0.5, 0.6) is 11.5 Å². The van der Waals surface area contributed by atoms with Crippen LogP contribution >= 0.6 is 0 Å². The number of hydrogen-bond donors (Lipinski definition) is 0. The Kier molecular flexibility index (Phi) is 3.98. The molecule has 4 fully saturated rings. The van der Waals surface area contributed by atoms with E-state index in [4.69, 9.17) is 18.9 Å². The van der Waals surface area contributed by atoms with Gasteiger partial charge in [0.05, 0.1) is 20.3 Å². The van der Waals surface area contributed by atoms with Gasteiger partial charge in [0.1, 0.15) is 11.7 Å². The van der Waals surface area contributed by atoms with E-state index >= 15 is 0 Å². The smallest absolute Gasteiger partial charge is 0.165 e. The Hall–Kier alpha value is -1.56. The molecule has 1 saturated heterocycles. The summed E-state index contributed by atoms with van der Waals surface area (Å²) in [5.74, 6) is 2.18. The molecule has 6 atom stereocenters. The van der Waals surface area contributed by atoms with E-state index in [0.29, 0.717) is 25.2 Å². The molecule has 0 aromatic heterocycles. The molecule has 5 nitrogen and oxygen atoms in total. The number of likely N-dealkylation sites (N-methyl/N-ethyl adjacent to an activating group) is 1. The molecule has 2 unspecified atom stereocenters. The molecule has 1 aromatic carbocycles. The normalized spacial score (nSPS) is 42.6. The highest BCUT2D eigenvalue weighted by atomic mass is 16.6. The van der Waals surface area contributed by atoms with Crippen LogP contribution in [-0.4, -0.2) is 63.7 Å². The molecule has 6 aliphatic rings. The van der Waals surface area contributed by atoms with E-state index in [0.717, 1.165) is 43.7 Å². The first-order valence-electron chi connectivity index (χ1n) is 11.4. The zero-order valence-electron chi connectivity index (χ0n) is 18.4. The third-order valence-corrected chi connectivity index (χ3v) is 9.53. The van der Waals surface area contributed by atoms with Crippen molar-refractivity contribution in [3.63, 3.8) is 0 Å². The van der Waals surface area contributed by atoms with E-state index in [9.17, 15) is 0 Å². The summed E-state index contributed by atoms with van der Waals surface area (Å²) >= 11 is 0. The lowest BCUT2D eigenvalue weighted by atomic mass is 9.35.